The number of hydrogen-bond donors (Lipinski definition) is 5. The van der Waals surface area contributed by atoms with Gasteiger partial charge in [-0.1, -0.05) is 12.6 Å². The summed E-state index contributed by atoms with van der Waals surface area (Å²) in [5.41, 5.74) is 0. The highest BCUT2D eigenvalue weighted by Crippen LogP contribution is 1.70. The van der Waals surface area contributed by atoms with Gasteiger partial charge in [-0.2, -0.15) is 0 Å². The average molecular weight is 220 g/mol. The summed E-state index contributed by atoms with van der Waals surface area (Å²) in [4.78, 5) is 9.75. The van der Waals surface area contributed by atoms with Crippen LogP contribution in [0, 0.1) is 0 Å². The van der Waals surface area contributed by atoms with Gasteiger partial charge in [0.15, 0.2) is 0 Å². The summed E-state index contributed by atoms with van der Waals surface area (Å²) < 4.78 is 4.17. The van der Waals surface area contributed by atoms with Gasteiger partial charge >= 0.3 is 20.4 Å². The molecule has 0 aromatic carbocycles. The molecule has 0 unspecified atom stereocenters. The highest BCUT2D eigenvalue weighted by Gasteiger charge is 1.92. The molecule has 0 atom stereocenters. The van der Waals surface area contributed by atoms with E-state index in [0.717, 1.165) is 12.2 Å². The van der Waals surface area contributed by atoms with Gasteiger partial charge in [-0.05, 0) is 0 Å². The summed E-state index contributed by atoms with van der Waals surface area (Å²) in [6, 6.07) is 0. The Morgan fingerprint density at radius 3 is 1.47 bits per heavy atom. The average Bonchev–Trinajstić information content (AvgIpc) is 2.03. The molecule has 15 heavy (non-hydrogen) atoms. The van der Waals surface area contributed by atoms with Crippen molar-refractivity contribution in [3.8, 4) is 0 Å². The Labute approximate surface area is 88.3 Å². The van der Waals surface area contributed by atoms with Gasteiger partial charge in [-0.25, -0.2) is 0 Å². The topological polar surface area (TPSA) is 127 Å². The van der Waals surface area contributed by atoms with Gasteiger partial charge in [0.1, 0.15) is 0 Å². The predicted octanol–water partition coefficient (Wildman–Crippen LogP) is -2.17. The van der Waals surface area contributed by atoms with Crippen molar-refractivity contribution in [2.45, 2.75) is 6.92 Å². The highest BCUT2D eigenvalue weighted by atomic mass is 16.5. The molecule has 0 aliphatic rings. The van der Waals surface area contributed by atoms with E-state index in [1.54, 1.807) is 0 Å². The molecule has 0 aliphatic carbocycles. The van der Waals surface area contributed by atoms with Crippen LogP contribution < -0.4 is 0 Å². The summed E-state index contributed by atoms with van der Waals surface area (Å²) >= 11 is 0. The van der Waals surface area contributed by atoms with E-state index in [2.05, 4.69) is 17.9 Å². The molecule has 0 aromatic heterocycles. The van der Waals surface area contributed by atoms with Gasteiger partial charge in [0.2, 0.25) is 0 Å². The molecule has 0 radical (unpaired) electrons. The number of carbonyl (C=O) groups is 1. The smallest absolute Gasteiger partial charge is 0.435 e. The van der Waals surface area contributed by atoms with Crippen molar-refractivity contribution in [1.82, 2.24) is 0 Å². The van der Waals surface area contributed by atoms with E-state index in [1.165, 1.54) is 6.92 Å². The van der Waals surface area contributed by atoms with Crippen LogP contribution in [0.25, 0.3) is 0 Å². The normalized spacial score (nSPS) is 6.80. The third-order valence-corrected chi connectivity index (χ3v) is 0.460. The molecule has 0 amide bonds. The first-order valence-corrected chi connectivity index (χ1v) is 3.58. The van der Waals surface area contributed by atoms with Crippen LogP contribution in [0.15, 0.2) is 25.4 Å². The largest absolute Gasteiger partial charge is 0.631 e. The summed E-state index contributed by atoms with van der Waals surface area (Å²) in [7, 11) is -3.52. The quantitative estimate of drug-likeness (QED) is 0.203. The maximum Gasteiger partial charge on any atom is 0.631 e. The summed E-state index contributed by atoms with van der Waals surface area (Å²) in [6.07, 6.45) is 1.10. The minimum absolute atomic E-state index is 0.329. The van der Waals surface area contributed by atoms with E-state index in [9.17, 15) is 4.79 Å². The van der Waals surface area contributed by atoms with E-state index in [-0.39, 0.29) is 5.97 Å². The van der Waals surface area contributed by atoms with E-state index < -0.39 is 14.4 Å². The van der Waals surface area contributed by atoms with Gasteiger partial charge in [-0.3, -0.25) is 4.79 Å². The van der Waals surface area contributed by atoms with E-state index in [4.69, 9.17) is 25.1 Å². The third kappa shape index (κ3) is 101. The van der Waals surface area contributed by atoms with Crippen LogP contribution in [-0.2, 0) is 9.53 Å². The molecule has 0 aromatic rings. The molecule has 0 aliphatic heterocycles. The first-order chi connectivity index (χ1) is 6.77. The number of rotatable bonds is 2. The van der Waals surface area contributed by atoms with Gasteiger partial charge in [-0.15, -0.1) is 6.58 Å². The molecule has 0 rings (SSSR count). The Bertz CT molecular complexity index is 168. The van der Waals surface area contributed by atoms with Gasteiger partial charge in [0.05, 0.1) is 6.26 Å². The van der Waals surface area contributed by atoms with Crippen LogP contribution in [0.3, 0.4) is 0 Å². The molecule has 0 heterocycles. The van der Waals surface area contributed by atoms with Crippen molar-refractivity contribution >= 4 is 20.4 Å². The second-order valence-corrected chi connectivity index (χ2v) is 1.77. The Morgan fingerprint density at radius 1 is 1.20 bits per heavy atom. The fourth-order valence-electron chi connectivity index (χ4n) is 0.117. The lowest BCUT2D eigenvalue weighted by Crippen LogP contribution is -2.07. The zero-order chi connectivity index (χ0) is 12.9. The molecule has 5 N–H and O–H groups in total. The molecule has 0 bridgehead atoms. The van der Waals surface area contributed by atoms with E-state index >= 15 is 0 Å². The van der Waals surface area contributed by atoms with Crippen molar-refractivity contribution in [3.63, 3.8) is 0 Å². The molecule has 0 spiro atoms. The first-order valence-electron chi connectivity index (χ1n) is 3.58. The molecule has 9 heteroatoms. The lowest BCUT2D eigenvalue weighted by atomic mass is 9.94. The SMILES string of the molecule is C=CB(O)O.C=COC(C)=O.OB(O)O. The number of esters is 1. The summed E-state index contributed by atoms with van der Waals surface area (Å²) in [5.74, 6) is 0.699. The third-order valence-electron chi connectivity index (χ3n) is 0.460. The van der Waals surface area contributed by atoms with Crippen molar-refractivity contribution < 1.29 is 34.7 Å². The number of carbonyl (C=O) groups excluding carboxylic acids is 1. The molecule has 7 nitrogen and oxygen atoms in total. The fourth-order valence-corrected chi connectivity index (χ4v) is 0.117. The summed E-state index contributed by atoms with van der Waals surface area (Å²) in [5, 5.41) is 37.1. The minimum atomic E-state index is -2.17. The molecular weight excluding hydrogens is 206 g/mol. The number of hydrogen-bond acceptors (Lipinski definition) is 7. The highest BCUT2D eigenvalue weighted by molar-refractivity contribution is 6.47. The second kappa shape index (κ2) is 15.4. The Balaban J connectivity index is -0.000000147. The standard InChI is InChI=1S/C4H6O2.C2H5BO2.BH3O3/c1-3-6-4(2)5;1-2-3(4)5;2-1(3)4/h3H,1H2,2H3;2,4-5H,1H2;2-4H. The van der Waals surface area contributed by atoms with Gasteiger partial charge < -0.3 is 29.9 Å². The second-order valence-electron chi connectivity index (χ2n) is 1.77. The molecule has 0 fully saturated rings. The molecular formula is C6H14B2O7. The summed E-state index contributed by atoms with van der Waals surface area (Å²) in [6.45, 7) is 7.54. The Hall–Kier alpha value is -1.12. The molecule has 0 saturated carbocycles. The zero-order valence-corrected chi connectivity index (χ0v) is 8.28. The zero-order valence-electron chi connectivity index (χ0n) is 8.28. The van der Waals surface area contributed by atoms with Crippen LogP contribution in [0.2, 0.25) is 0 Å². The van der Waals surface area contributed by atoms with Gasteiger partial charge in [0, 0.05) is 6.92 Å². The molecule has 86 valence electrons. The van der Waals surface area contributed by atoms with Crippen LogP contribution in [0.4, 0.5) is 0 Å². The van der Waals surface area contributed by atoms with Crippen molar-refractivity contribution in [2.75, 3.05) is 0 Å². The maximum atomic E-state index is 9.75. The van der Waals surface area contributed by atoms with E-state index in [1.807, 2.05) is 0 Å². The maximum absolute atomic E-state index is 9.75. The van der Waals surface area contributed by atoms with E-state index in [0.29, 0.717) is 0 Å². The van der Waals surface area contributed by atoms with Crippen LogP contribution >= 0.6 is 0 Å². The van der Waals surface area contributed by atoms with Crippen molar-refractivity contribution in [3.05, 3.63) is 25.4 Å². The van der Waals surface area contributed by atoms with Crippen LogP contribution in [-0.4, -0.2) is 45.5 Å². The predicted molar refractivity (Wildman–Crippen MR) is 54.8 cm³/mol. The van der Waals surface area contributed by atoms with Crippen molar-refractivity contribution in [2.24, 2.45) is 0 Å². The Morgan fingerprint density at radius 2 is 1.47 bits per heavy atom. The Kier molecular flexibility index (Phi) is 19.9. The lowest BCUT2D eigenvalue weighted by molar-refractivity contribution is -0.135. The van der Waals surface area contributed by atoms with Crippen LogP contribution in [0.5, 0.6) is 0 Å². The van der Waals surface area contributed by atoms with Crippen LogP contribution in [0.1, 0.15) is 6.92 Å². The minimum Gasteiger partial charge on any atom is -0.435 e. The fraction of sp³-hybridized carbons (Fsp3) is 0.167. The van der Waals surface area contributed by atoms with Gasteiger partial charge in [0.25, 0.3) is 0 Å². The number of ether oxygens (including phenoxy) is 1. The van der Waals surface area contributed by atoms with Crippen molar-refractivity contribution in [1.29, 1.82) is 0 Å². The lowest BCUT2D eigenvalue weighted by Gasteiger charge is -1.83. The monoisotopic (exact) mass is 220 g/mol. The molecule has 0 saturated heterocycles. The first kappa shape index (κ1) is 19.5.